The fourth-order valence-corrected chi connectivity index (χ4v) is 4.68. The smallest absolute Gasteiger partial charge is 0.255 e. The lowest BCUT2D eigenvalue weighted by Gasteiger charge is -2.17. The number of aromatic amines is 1. The number of rotatable bonds is 8. The molecule has 5 rings (SSSR count). The minimum atomic E-state index is -0.233. The second kappa shape index (κ2) is 9.54. The average Bonchev–Trinajstić information content (AvgIpc) is 3.44. The molecule has 0 saturated carbocycles. The molecular formula is C28H27N3O4. The molecule has 4 aromatic rings. The highest BCUT2D eigenvalue weighted by atomic mass is 16.5. The van der Waals surface area contributed by atoms with Crippen LogP contribution in [0.4, 0.5) is 0 Å². The van der Waals surface area contributed by atoms with E-state index in [1.807, 2.05) is 54.7 Å². The van der Waals surface area contributed by atoms with Gasteiger partial charge >= 0.3 is 0 Å². The number of amides is 2. The molecule has 7 nitrogen and oxygen atoms in total. The highest BCUT2D eigenvalue weighted by Crippen LogP contribution is 2.31. The lowest BCUT2D eigenvalue weighted by atomic mass is 10.0. The number of methoxy groups -OCH3 is 2. The van der Waals surface area contributed by atoms with E-state index in [-0.39, 0.29) is 11.8 Å². The Morgan fingerprint density at radius 2 is 1.86 bits per heavy atom. The number of benzene rings is 3. The fourth-order valence-electron chi connectivity index (χ4n) is 4.68. The molecule has 0 radical (unpaired) electrons. The third-order valence-electron chi connectivity index (χ3n) is 6.43. The van der Waals surface area contributed by atoms with Crippen LogP contribution in [-0.4, -0.2) is 42.5 Å². The molecule has 1 aliphatic rings. The van der Waals surface area contributed by atoms with Crippen molar-refractivity contribution in [3.63, 3.8) is 0 Å². The fraction of sp³-hybridized carbons (Fsp3) is 0.214. The number of nitrogens with zero attached hydrogens (tertiary/aromatic N) is 1. The third-order valence-corrected chi connectivity index (χ3v) is 6.43. The van der Waals surface area contributed by atoms with Gasteiger partial charge in [0.1, 0.15) is 0 Å². The highest BCUT2D eigenvalue weighted by molar-refractivity contribution is 6.09. The van der Waals surface area contributed by atoms with Crippen LogP contribution >= 0.6 is 0 Å². The number of carbonyl (C=O) groups excluding carboxylic acids is 2. The normalized spacial score (nSPS) is 12.6. The first-order valence-corrected chi connectivity index (χ1v) is 11.5. The van der Waals surface area contributed by atoms with Gasteiger partial charge in [0.05, 0.1) is 25.3 Å². The van der Waals surface area contributed by atoms with Crippen molar-refractivity contribution < 1.29 is 19.1 Å². The highest BCUT2D eigenvalue weighted by Gasteiger charge is 2.31. The van der Waals surface area contributed by atoms with E-state index in [1.54, 1.807) is 25.2 Å². The van der Waals surface area contributed by atoms with Crippen molar-refractivity contribution in [1.29, 1.82) is 0 Å². The second-order valence-electron chi connectivity index (χ2n) is 8.56. The van der Waals surface area contributed by atoms with Crippen molar-refractivity contribution in [3.8, 4) is 11.5 Å². The van der Waals surface area contributed by atoms with Gasteiger partial charge in [-0.3, -0.25) is 9.59 Å². The number of hydrogen-bond acceptors (Lipinski definition) is 4. The van der Waals surface area contributed by atoms with Crippen LogP contribution in [0.3, 0.4) is 0 Å². The Kier molecular flexibility index (Phi) is 6.14. The summed E-state index contributed by atoms with van der Waals surface area (Å²) in [5.41, 5.74) is 4.92. The van der Waals surface area contributed by atoms with Crippen molar-refractivity contribution in [2.75, 3.05) is 20.8 Å². The van der Waals surface area contributed by atoms with Gasteiger partial charge in [0, 0.05) is 36.7 Å². The molecule has 0 aliphatic carbocycles. The Morgan fingerprint density at radius 3 is 2.69 bits per heavy atom. The summed E-state index contributed by atoms with van der Waals surface area (Å²) in [4.78, 5) is 31.3. The molecule has 0 atom stereocenters. The summed E-state index contributed by atoms with van der Waals surface area (Å²) in [5.74, 6) is 0.878. The van der Waals surface area contributed by atoms with E-state index in [4.69, 9.17) is 9.47 Å². The number of ether oxygens (including phenoxy) is 2. The number of carbonyl (C=O) groups is 2. The number of nitrogens with one attached hydrogen (secondary N) is 2. The van der Waals surface area contributed by atoms with Crippen LogP contribution in [0.25, 0.3) is 10.9 Å². The number of fused-ring (bicyclic) bond motifs is 2. The molecule has 0 fully saturated rings. The van der Waals surface area contributed by atoms with Crippen molar-refractivity contribution >= 4 is 22.7 Å². The SMILES string of the molecule is COc1ccc(CN2Cc3cccc(C(=O)NCCc4c[nH]c5ccccc45)c3C2=O)cc1OC. The van der Waals surface area contributed by atoms with Gasteiger partial charge in [0.15, 0.2) is 11.5 Å². The predicted molar refractivity (Wildman–Crippen MR) is 134 cm³/mol. The maximum atomic E-state index is 13.3. The Balaban J connectivity index is 1.28. The van der Waals surface area contributed by atoms with Gasteiger partial charge in [-0.25, -0.2) is 0 Å². The van der Waals surface area contributed by atoms with Gasteiger partial charge < -0.3 is 24.7 Å². The van der Waals surface area contributed by atoms with Crippen LogP contribution in [-0.2, 0) is 19.5 Å². The lowest BCUT2D eigenvalue weighted by molar-refractivity contribution is 0.0761. The first-order valence-electron chi connectivity index (χ1n) is 11.5. The van der Waals surface area contributed by atoms with Crippen molar-refractivity contribution in [2.24, 2.45) is 0 Å². The van der Waals surface area contributed by atoms with E-state index in [9.17, 15) is 9.59 Å². The molecule has 2 N–H and O–H groups in total. The minimum Gasteiger partial charge on any atom is -0.493 e. The first kappa shape index (κ1) is 22.5. The predicted octanol–water partition coefficient (Wildman–Crippen LogP) is 4.31. The van der Waals surface area contributed by atoms with Gasteiger partial charge in [-0.15, -0.1) is 0 Å². The van der Waals surface area contributed by atoms with E-state index >= 15 is 0 Å². The largest absolute Gasteiger partial charge is 0.493 e. The summed E-state index contributed by atoms with van der Waals surface area (Å²) in [5, 5.41) is 4.15. The summed E-state index contributed by atoms with van der Waals surface area (Å²) in [6.45, 7) is 1.35. The number of H-pyrrole nitrogens is 1. The zero-order valence-electron chi connectivity index (χ0n) is 19.8. The van der Waals surface area contributed by atoms with Crippen LogP contribution in [0.15, 0.2) is 66.9 Å². The molecule has 0 spiro atoms. The molecule has 0 bridgehead atoms. The van der Waals surface area contributed by atoms with E-state index in [2.05, 4.69) is 16.4 Å². The van der Waals surface area contributed by atoms with E-state index in [0.717, 1.165) is 27.6 Å². The van der Waals surface area contributed by atoms with Crippen LogP contribution < -0.4 is 14.8 Å². The lowest BCUT2D eigenvalue weighted by Crippen LogP contribution is -2.29. The number of hydrogen-bond donors (Lipinski definition) is 2. The van der Waals surface area contributed by atoms with Gasteiger partial charge in [-0.1, -0.05) is 36.4 Å². The van der Waals surface area contributed by atoms with Gasteiger partial charge in [-0.05, 0) is 47.4 Å². The molecule has 7 heteroatoms. The first-order chi connectivity index (χ1) is 17.1. The molecule has 0 unspecified atom stereocenters. The van der Waals surface area contributed by atoms with Crippen LogP contribution in [0.1, 0.15) is 37.4 Å². The Bertz CT molecular complexity index is 1410. The standard InChI is InChI=1S/C28H27N3O4/c1-34-24-11-10-18(14-25(24)35-2)16-31-17-20-6-5-8-22(26(20)28(31)33)27(32)29-13-12-19-15-30-23-9-4-3-7-21(19)23/h3-11,14-15,30H,12-13,16-17H2,1-2H3,(H,29,32). The molecule has 3 aromatic carbocycles. The minimum absolute atomic E-state index is 0.142. The topological polar surface area (TPSA) is 83.7 Å². The monoisotopic (exact) mass is 469 g/mol. The number of para-hydroxylation sites is 1. The zero-order valence-corrected chi connectivity index (χ0v) is 19.8. The van der Waals surface area contributed by atoms with Crippen molar-refractivity contribution in [2.45, 2.75) is 19.5 Å². The molecule has 1 aliphatic heterocycles. The van der Waals surface area contributed by atoms with Crippen molar-refractivity contribution in [3.05, 3.63) is 94.7 Å². The van der Waals surface area contributed by atoms with E-state index in [0.29, 0.717) is 48.7 Å². The maximum Gasteiger partial charge on any atom is 0.255 e. The quantitative estimate of drug-likeness (QED) is 0.403. The average molecular weight is 470 g/mol. The molecule has 0 saturated heterocycles. The van der Waals surface area contributed by atoms with Crippen LogP contribution in [0.2, 0.25) is 0 Å². The van der Waals surface area contributed by atoms with Gasteiger partial charge in [0.2, 0.25) is 0 Å². The maximum absolute atomic E-state index is 13.3. The molecule has 35 heavy (non-hydrogen) atoms. The Morgan fingerprint density at radius 1 is 1.03 bits per heavy atom. The summed E-state index contributed by atoms with van der Waals surface area (Å²) >= 11 is 0. The van der Waals surface area contributed by atoms with Crippen LogP contribution in [0, 0.1) is 0 Å². The Labute approximate surface area is 203 Å². The van der Waals surface area contributed by atoms with Gasteiger partial charge in [-0.2, -0.15) is 0 Å². The molecule has 1 aromatic heterocycles. The molecule has 178 valence electrons. The molecule has 2 amide bonds. The van der Waals surface area contributed by atoms with E-state index < -0.39 is 0 Å². The summed E-state index contributed by atoms with van der Waals surface area (Å²) in [6, 6.07) is 19.2. The molecular weight excluding hydrogens is 442 g/mol. The summed E-state index contributed by atoms with van der Waals surface area (Å²) in [6.07, 6.45) is 2.68. The van der Waals surface area contributed by atoms with E-state index in [1.165, 1.54) is 0 Å². The van der Waals surface area contributed by atoms with Crippen molar-refractivity contribution in [1.82, 2.24) is 15.2 Å². The zero-order chi connectivity index (χ0) is 24.4. The molecule has 2 heterocycles. The third kappa shape index (κ3) is 4.33. The second-order valence-corrected chi connectivity index (χ2v) is 8.56. The summed E-state index contributed by atoms with van der Waals surface area (Å²) in [7, 11) is 3.17. The number of aromatic nitrogens is 1. The Hall–Kier alpha value is -4.26. The van der Waals surface area contributed by atoms with Gasteiger partial charge in [0.25, 0.3) is 11.8 Å². The summed E-state index contributed by atoms with van der Waals surface area (Å²) < 4.78 is 10.7. The van der Waals surface area contributed by atoms with Crippen LogP contribution in [0.5, 0.6) is 11.5 Å².